The van der Waals surface area contributed by atoms with Gasteiger partial charge in [0.2, 0.25) is 0 Å². The predicted molar refractivity (Wildman–Crippen MR) is 108 cm³/mol. The Morgan fingerprint density at radius 3 is 2.36 bits per heavy atom. The third-order valence-corrected chi connectivity index (χ3v) is 5.52. The Morgan fingerprint density at radius 2 is 1.68 bits per heavy atom. The third-order valence-electron chi connectivity index (χ3n) is 4.99. The topological polar surface area (TPSA) is 89.9 Å². The fourth-order valence-electron chi connectivity index (χ4n) is 3.28. The molecule has 7 heteroatoms. The van der Waals surface area contributed by atoms with Gasteiger partial charge < -0.3 is 20.4 Å². The van der Waals surface area contributed by atoms with E-state index in [1.165, 1.54) is 10.5 Å². The fourth-order valence-corrected chi connectivity index (χ4v) is 3.55. The van der Waals surface area contributed by atoms with Crippen LogP contribution >= 0.6 is 15.9 Å². The first-order chi connectivity index (χ1) is 13.4. The number of aliphatic hydroxyl groups is 2. The van der Waals surface area contributed by atoms with Crippen LogP contribution in [0.25, 0.3) is 0 Å². The molecule has 2 aromatic carbocycles. The largest absolute Gasteiger partial charge is 0.380 e. The zero-order chi connectivity index (χ0) is 20.3. The van der Waals surface area contributed by atoms with Gasteiger partial charge in [0, 0.05) is 17.6 Å². The van der Waals surface area contributed by atoms with Crippen molar-refractivity contribution in [3.63, 3.8) is 0 Å². The lowest BCUT2D eigenvalue weighted by atomic mass is 9.99. The summed E-state index contributed by atoms with van der Waals surface area (Å²) in [5.41, 5.74) is 3.02. The second kappa shape index (κ2) is 8.86. The summed E-state index contributed by atoms with van der Waals surface area (Å²) >= 11 is 3.35. The molecule has 28 heavy (non-hydrogen) atoms. The van der Waals surface area contributed by atoms with Gasteiger partial charge in [-0.3, -0.25) is 9.59 Å². The minimum Gasteiger partial charge on any atom is -0.380 e. The molecule has 1 aliphatic rings. The number of carbonyl (C=O) groups is 2. The van der Waals surface area contributed by atoms with Crippen molar-refractivity contribution in [2.24, 2.45) is 0 Å². The third kappa shape index (κ3) is 4.60. The molecule has 0 aliphatic carbocycles. The van der Waals surface area contributed by atoms with Crippen molar-refractivity contribution in [3.8, 4) is 0 Å². The summed E-state index contributed by atoms with van der Waals surface area (Å²) in [5, 5.41) is 23.1. The molecule has 3 N–H and O–H groups in total. The molecule has 6 nitrogen and oxygen atoms in total. The minimum atomic E-state index is -1.83. The lowest BCUT2D eigenvalue weighted by Crippen LogP contribution is -2.51. The first-order valence-corrected chi connectivity index (χ1v) is 9.93. The van der Waals surface area contributed by atoms with E-state index in [1.807, 2.05) is 48.5 Å². The zero-order valence-corrected chi connectivity index (χ0v) is 17.1. The molecule has 0 radical (unpaired) electrons. The van der Waals surface area contributed by atoms with Crippen LogP contribution in [0, 0.1) is 0 Å². The van der Waals surface area contributed by atoms with Crippen molar-refractivity contribution in [3.05, 3.63) is 69.7 Å². The standard InChI is InChI=1S/C21H23BrN2O4/c1-13(14-6-8-17(22)9-7-14)23-20(27)18(25)19(26)21(28)24-11-10-15-4-2-3-5-16(15)12-24/h2-9,13,18-19,25-26H,10-12H2,1H3,(H,23,27)/t13-,18-,19-/m0/s1. The van der Waals surface area contributed by atoms with E-state index in [-0.39, 0.29) is 6.04 Å². The Morgan fingerprint density at radius 1 is 1.04 bits per heavy atom. The quantitative estimate of drug-likeness (QED) is 0.654. The molecular weight excluding hydrogens is 424 g/mol. The number of nitrogens with one attached hydrogen (secondary N) is 1. The molecule has 0 spiro atoms. The van der Waals surface area contributed by atoms with Crippen molar-refractivity contribution in [2.75, 3.05) is 6.54 Å². The molecule has 148 valence electrons. The number of fused-ring (bicyclic) bond motifs is 1. The van der Waals surface area contributed by atoms with Crippen LogP contribution < -0.4 is 5.32 Å². The number of nitrogens with zero attached hydrogens (tertiary/aromatic N) is 1. The fraction of sp³-hybridized carbons (Fsp3) is 0.333. The highest BCUT2D eigenvalue weighted by Crippen LogP contribution is 2.20. The van der Waals surface area contributed by atoms with Gasteiger partial charge in [0.25, 0.3) is 11.8 Å². The predicted octanol–water partition coefficient (Wildman–Crippen LogP) is 1.93. The van der Waals surface area contributed by atoms with Crippen molar-refractivity contribution >= 4 is 27.7 Å². The number of hydrogen-bond donors (Lipinski definition) is 3. The van der Waals surface area contributed by atoms with Gasteiger partial charge in [-0.15, -0.1) is 0 Å². The number of aliphatic hydroxyl groups excluding tert-OH is 2. The average molecular weight is 447 g/mol. The zero-order valence-electron chi connectivity index (χ0n) is 15.5. The van der Waals surface area contributed by atoms with Gasteiger partial charge in [0.1, 0.15) is 0 Å². The molecule has 1 aliphatic heterocycles. The maximum absolute atomic E-state index is 12.6. The van der Waals surface area contributed by atoms with E-state index >= 15 is 0 Å². The summed E-state index contributed by atoms with van der Waals surface area (Å²) in [6.45, 7) is 2.57. The smallest absolute Gasteiger partial charge is 0.255 e. The van der Waals surface area contributed by atoms with Crippen LogP contribution in [0.3, 0.4) is 0 Å². The summed E-state index contributed by atoms with van der Waals surface area (Å²) in [4.78, 5) is 26.4. The van der Waals surface area contributed by atoms with Crippen molar-refractivity contribution in [1.29, 1.82) is 0 Å². The van der Waals surface area contributed by atoms with Gasteiger partial charge in [0.15, 0.2) is 12.2 Å². The van der Waals surface area contributed by atoms with Crippen LogP contribution in [0.4, 0.5) is 0 Å². The Kier molecular flexibility index (Phi) is 6.49. The maximum Gasteiger partial charge on any atom is 0.255 e. The summed E-state index contributed by atoms with van der Waals surface area (Å²) in [5.74, 6) is -1.43. The van der Waals surface area contributed by atoms with Crippen molar-refractivity contribution < 1.29 is 19.8 Å². The van der Waals surface area contributed by atoms with Crippen LogP contribution in [-0.4, -0.2) is 45.7 Å². The van der Waals surface area contributed by atoms with Gasteiger partial charge in [-0.05, 0) is 42.2 Å². The number of rotatable bonds is 5. The highest BCUT2D eigenvalue weighted by atomic mass is 79.9. The number of benzene rings is 2. The average Bonchev–Trinajstić information content (AvgIpc) is 2.72. The molecule has 0 unspecified atom stereocenters. The molecule has 2 aromatic rings. The van der Waals surface area contributed by atoms with Gasteiger partial charge >= 0.3 is 0 Å². The minimum absolute atomic E-state index is 0.357. The summed E-state index contributed by atoms with van der Waals surface area (Å²) in [7, 11) is 0. The van der Waals surface area contributed by atoms with E-state index < -0.39 is 24.0 Å². The molecular formula is C21H23BrN2O4. The molecule has 0 saturated heterocycles. The lowest BCUT2D eigenvalue weighted by Gasteiger charge is -2.31. The monoisotopic (exact) mass is 446 g/mol. The van der Waals surface area contributed by atoms with Crippen molar-refractivity contribution in [1.82, 2.24) is 10.2 Å². The van der Waals surface area contributed by atoms with E-state index in [0.717, 1.165) is 15.6 Å². The number of carbonyl (C=O) groups excluding carboxylic acids is 2. The molecule has 3 rings (SSSR count). The molecule has 0 fully saturated rings. The highest BCUT2D eigenvalue weighted by molar-refractivity contribution is 9.10. The van der Waals surface area contributed by atoms with E-state index in [4.69, 9.17) is 0 Å². The summed E-state index contributed by atoms with van der Waals surface area (Å²) in [6.07, 6.45) is -2.96. The van der Waals surface area contributed by atoms with E-state index in [2.05, 4.69) is 21.2 Å². The van der Waals surface area contributed by atoms with Crippen LogP contribution in [-0.2, 0) is 22.6 Å². The molecule has 3 atom stereocenters. The SMILES string of the molecule is C[C@H](NC(=O)[C@@H](O)[C@H](O)C(=O)N1CCc2ccccc2C1)c1ccc(Br)cc1. The van der Waals surface area contributed by atoms with Crippen LogP contribution in [0.1, 0.15) is 29.7 Å². The Balaban J connectivity index is 1.60. The molecule has 0 saturated carbocycles. The molecule has 0 bridgehead atoms. The van der Waals surface area contributed by atoms with Gasteiger partial charge in [-0.25, -0.2) is 0 Å². The summed E-state index contributed by atoms with van der Waals surface area (Å²) in [6, 6.07) is 14.8. The second-order valence-corrected chi connectivity index (χ2v) is 7.87. The van der Waals surface area contributed by atoms with Crippen LogP contribution in [0.5, 0.6) is 0 Å². The van der Waals surface area contributed by atoms with Gasteiger partial charge in [-0.2, -0.15) is 0 Å². The Bertz CT molecular complexity index is 856. The van der Waals surface area contributed by atoms with Gasteiger partial charge in [-0.1, -0.05) is 52.3 Å². The Labute approximate surface area is 172 Å². The van der Waals surface area contributed by atoms with E-state index in [9.17, 15) is 19.8 Å². The second-order valence-electron chi connectivity index (χ2n) is 6.95. The highest BCUT2D eigenvalue weighted by Gasteiger charge is 2.35. The normalized spacial score (nSPS) is 16.6. The molecule has 2 amide bonds. The molecule has 0 aromatic heterocycles. The first-order valence-electron chi connectivity index (χ1n) is 9.14. The van der Waals surface area contributed by atoms with E-state index in [1.54, 1.807) is 6.92 Å². The summed E-state index contributed by atoms with van der Waals surface area (Å²) < 4.78 is 0.916. The maximum atomic E-state index is 12.6. The lowest BCUT2D eigenvalue weighted by molar-refractivity contribution is -0.154. The Hall–Kier alpha value is -2.22. The van der Waals surface area contributed by atoms with Crippen LogP contribution in [0.15, 0.2) is 53.0 Å². The number of amides is 2. The number of halogens is 1. The van der Waals surface area contributed by atoms with Gasteiger partial charge in [0.05, 0.1) is 6.04 Å². The van der Waals surface area contributed by atoms with E-state index in [0.29, 0.717) is 19.5 Å². The van der Waals surface area contributed by atoms with Crippen LogP contribution in [0.2, 0.25) is 0 Å². The number of hydrogen-bond acceptors (Lipinski definition) is 4. The van der Waals surface area contributed by atoms with Crippen molar-refractivity contribution in [2.45, 2.75) is 38.1 Å². The molecule has 1 heterocycles. The first kappa shape index (κ1) is 20.5.